The highest BCUT2D eigenvalue weighted by Gasteiger charge is 2.22. The van der Waals surface area contributed by atoms with E-state index in [-0.39, 0.29) is 10.8 Å². The van der Waals surface area contributed by atoms with E-state index in [0.29, 0.717) is 5.92 Å². The first-order valence-corrected chi connectivity index (χ1v) is 14.2. The molecule has 0 aliphatic carbocycles. The molecule has 0 bridgehead atoms. The summed E-state index contributed by atoms with van der Waals surface area (Å²) < 4.78 is 0. The highest BCUT2D eigenvalue weighted by Crippen LogP contribution is 2.38. The van der Waals surface area contributed by atoms with Crippen LogP contribution >= 0.6 is 0 Å². The lowest BCUT2D eigenvalue weighted by molar-refractivity contribution is 0.458. The van der Waals surface area contributed by atoms with Crippen LogP contribution in [0.3, 0.4) is 0 Å². The summed E-state index contributed by atoms with van der Waals surface area (Å²) in [6.45, 7) is 18.6. The van der Waals surface area contributed by atoms with Crippen molar-refractivity contribution in [3.05, 3.63) is 89.5 Å². The molecule has 1 unspecified atom stereocenters. The van der Waals surface area contributed by atoms with Crippen molar-refractivity contribution in [1.29, 1.82) is 0 Å². The Morgan fingerprint density at radius 3 is 1.39 bits per heavy atom. The van der Waals surface area contributed by atoms with Gasteiger partial charge >= 0.3 is 0 Å². The van der Waals surface area contributed by atoms with Crippen molar-refractivity contribution in [3.63, 3.8) is 0 Å². The van der Waals surface area contributed by atoms with Gasteiger partial charge in [-0.3, -0.25) is 0 Å². The Morgan fingerprint density at radius 1 is 0.583 bits per heavy atom. The zero-order valence-corrected chi connectivity index (χ0v) is 24.2. The normalized spacial score (nSPS) is 13.0. The Balaban J connectivity index is 2.01. The summed E-state index contributed by atoms with van der Waals surface area (Å²) in [4.78, 5) is 2.40. The Kier molecular flexibility index (Phi) is 9.45. The van der Waals surface area contributed by atoms with E-state index in [4.69, 9.17) is 0 Å². The zero-order valence-electron chi connectivity index (χ0n) is 24.2. The largest absolute Gasteiger partial charge is 0.311 e. The van der Waals surface area contributed by atoms with Crippen molar-refractivity contribution < 1.29 is 0 Å². The Morgan fingerprint density at radius 2 is 1.00 bits per heavy atom. The fourth-order valence-electron chi connectivity index (χ4n) is 5.29. The first-order valence-electron chi connectivity index (χ1n) is 14.2. The second kappa shape index (κ2) is 12.1. The predicted octanol–water partition coefficient (Wildman–Crippen LogP) is 11.2. The van der Waals surface area contributed by atoms with E-state index in [1.807, 2.05) is 0 Å². The first-order chi connectivity index (χ1) is 17.1. The molecule has 0 amide bonds. The molecule has 0 aromatic heterocycles. The second-order valence-corrected chi connectivity index (χ2v) is 12.0. The van der Waals surface area contributed by atoms with Gasteiger partial charge < -0.3 is 4.90 Å². The van der Waals surface area contributed by atoms with Crippen LogP contribution in [0.5, 0.6) is 0 Å². The number of nitrogens with zero attached hydrogens (tertiary/aromatic N) is 1. The highest BCUT2D eigenvalue weighted by molar-refractivity contribution is 5.77. The number of unbranched alkanes of at least 4 members (excludes halogenated alkanes) is 1. The minimum absolute atomic E-state index is 0.196. The van der Waals surface area contributed by atoms with Gasteiger partial charge in [-0.1, -0.05) is 111 Å². The van der Waals surface area contributed by atoms with Crippen molar-refractivity contribution in [3.8, 4) is 0 Å². The van der Waals surface area contributed by atoms with Crippen molar-refractivity contribution in [1.82, 2.24) is 0 Å². The molecule has 1 heteroatoms. The Hall–Kier alpha value is -2.54. The summed E-state index contributed by atoms with van der Waals surface area (Å²) >= 11 is 0. The quantitative estimate of drug-likeness (QED) is 0.247. The molecule has 0 saturated heterocycles. The fourth-order valence-corrected chi connectivity index (χ4v) is 5.29. The third-order valence-corrected chi connectivity index (χ3v) is 8.18. The van der Waals surface area contributed by atoms with Crippen molar-refractivity contribution in [2.45, 2.75) is 111 Å². The molecule has 0 fully saturated rings. The van der Waals surface area contributed by atoms with E-state index < -0.39 is 0 Å². The van der Waals surface area contributed by atoms with Crippen LogP contribution in [0, 0.1) is 0 Å². The molecule has 0 aliphatic heterocycles. The van der Waals surface area contributed by atoms with Crippen LogP contribution in [0.1, 0.15) is 117 Å². The van der Waals surface area contributed by atoms with Crippen molar-refractivity contribution >= 4 is 17.1 Å². The topological polar surface area (TPSA) is 3.24 Å². The zero-order chi connectivity index (χ0) is 26.3. The maximum absolute atomic E-state index is 2.40. The average molecular weight is 484 g/mol. The standard InChI is InChI=1S/C35H49N/c1-9-12-26-35(7,8)30-17-23-33(24-18-30)36(31-19-13-28(14-20-31)27(4)11-3)32-21-15-29(16-22-32)34(5,6)25-10-2/h13-24,27H,9-12,25-26H2,1-8H3. The molecule has 0 radical (unpaired) electrons. The van der Waals surface area contributed by atoms with Gasteiger partial charge in [0, 0.05) is 17.1 Å². The molecule has 3 aromatic carbocycles. The van der Waals surface area contributed by atoms with Gasteiger partial charge in [-0.2, -0.15) is 0 Å². The molecule has 0 spiro atoms. The van der Waals surface area contributed by atoms with E-state index in [9.17, 15) is 0 Å². The van der Waals surface area contributed by atoms with Crippen molar-refractivity contribution in [2.24, 2.45) is 0 Å². The number of rotatable bonds is 12. The third kappa shape index (κ3) is 6.61. The maximum Gasteiger partial charge on any atom is 0.0461 e. The summed E-state index contributed by atoms with van der Waals surface area (Å²) in [5.41, 5.74) is 8.26. The van der Waals surface area contributed by atoms with Gasteiger partial charge in [-0.15, -0.1) is 0 Å². The van der Waals surface area contributed by atoms with Crippen LogP contribution in [0.25, 0.3) is 0 Å². The highest BCUT2D eigenvalue weighted by atomic mass is 15.1. The van der Waals surface area contributed by atoms with Crippen LogP contribution in [-0.2, 0) is 10.8 Å². The average Bonchev–Trinajstić information content (AvgIpc) is 2.88. The lowest BCUT2D eigenvalue weighted by Crippen LogP contribution is -2.18. The van der Waals surface area contributed by atoms with Gasteiger partial charge in [-0.25, -0.2) is 0 Å². The first kappa shape index (κ1) is 28.0. The van der Waals surface area contributed by atoms with Crippen LogP contribution in [0.4, 0.5) is 17.1 Å². The summed E-state index contributed by atoms with van der Waals surface area (Å²) in [5, 5.41) is 0. The minimum Gasteiger partial charge on any atom is -0.311 e. The summed E-state index contributed by atoms with van der Waals surface area (Å²) in [6, 6.07) is 27.7. The van der Waals surface area contributed by atoms with E-state index in [2.05, 4.69) is 133 Å². The van der Waals surface area contributed by atoms with Gasteiger partial charge in [0.25, 0.3) is 0 Å². The molecule has 3 aromatic rings. The van der Waals surface area contributed by atoms with Gasteiger partial charge in [0.05, 0.1) is 0 Å². The van der Waals surface area contributed by atoms with E-state index >= 15 is 0 Å². The van der Waals surface area contributed by atoms with E-state index in [1.54, 1.807) is 0 Å². The molecule has 0 saturated carbocycles. The number of hydrogen-bond acceptors (Lipinski definition) is 1. The fraction of sp³-hybridized carbons (Fsp3) is 0.486. The SMILES string of the molecule is CCCCC(C)(C)c1ccc(N(c2ccc(C(C)CC)cc2)c2ccc(C(C)(C)CCC)cc2)cc1. The lowest BCUT2D eigenvalue weighted by atomic mass is 9.80. The van der Waals surface area contributed by atoms with E-state index in [1.165, 1.54) is 65.9 Å². The van der Waals surface area contributed by atoms with Crippen molar-refractivity contribution in [2.75, 3.05) is 4.90 Å². The van der Waals surface area contributed by atoms with Crippen LogP contribution in [0.2, 0.25) is 0 Å². The predicted molar refractivity (Wildman–Crippen MR) is 160 cm³/mol. The van der Waals surface area contributed by atoms with Crippen LogP contribution < -0.4 is 4.90 Å². The molecule has 36 heavy (non-hydrogen) atoms. The summed E-state index contributed by atoms with van der Waals surface area (Å²) in [7, 11) is 0. The van der Waals surface area contributed by atoms with Gasteiger partial charge in [0.15, 0.2) is 0 Å². The smallest absolute Gasteiger partial charge is 0.0461 e. The van der Waals surface area contributed by atoms with Gasteiger partial charge in [-0.05, 0) is 89.1 Å². The second-order valence-electron chi connectivity index (χ2n) is 12.0. The monoisotopic (exact) mass is 483 g/mol. The molecular formula is C35H49N. The molecule has 1 atom stereocenters. The lowest BCUT2D eigenvalue weighted by Gasteiger charge is -2.30. The molecule has 194 valence electrons. The van der Waals surface area contributed by atoms with Crippen LogP contribution in [0.15, 0.2) is 72.8 Å². The summed E-state index contributed by atoms with van der Waals surface area (Å²) in [5.74, 6) is 0.581. The van der Waals surface area contributed by atoms with Gasteiger partial charge in [0.1, 0.15) is 0 Å². The Bertz CT molecular complexity index is 1060. The minimum atomic E-state index is 0.196. The molecular weight excluding hydrogens is 434 g/mol. The molecule has 3 rings (SSSR count). The number of hydrogen-bond donors (Lipinski definition) is 0. The number of benzene rings is 3. The van der Waals surface area contributed by atoms with Crippen LogP contribution in [-0.4, -0.2) is 0 Å². The van der Waals surface area contributed by atoms with E-state index in [0.717, 1.165) is 6.42 Å². The third-order valence-electron chi connectivity index (χ3n) is 8.18. The Labute approximate surface area is 222 Å². The molecule has 0 heterocycles. The molecule has 0 aliphatic rings. The number of anilines is 3. The van der Waals surface area contributed by atoms with Gasteiger partial charge in [0.2, 0.25) is 0 Å². The summed E-state index contributed by atoms with van der Waals surface area (Å²) in [6.07, 6.45) is 7.29. The molecule has 0 N–H and O–H groups in total. The molecule has 1 nitrogen and oxygen atoms in total. The maximum atomic E-state index is 2.40.